The van der Waals surface area contributed by atoms with E-state index < -0.39 is 4.92 Å². The van der Waals surface area contributed by atoms with Crippen LogP contribution in [0.3, 0.4) is 0 Å². The molecule has 0 unspecified atom stereocenters. The van der Waals surface area contributed by atoms with Crippen LogP contribution in [0, 0.1) is 10.1 Å². The fraction of sp³-hybridized carbons (Fsp3) is 0.238. The van der Waals surface area contributed by atoms with Gasteiger partial charge in [0.05, 0.1) is 15.7 Å². The van der Waals surface area contributed by atoms with Gasteiger partial charge < -0.3 is 13.7 Å². The first-order valence-corrected chi connectivity index (χ1v) is 11.3. The fourth-order valence-corrected chi connectivity index (χ4v) is 4.11. The molecule has 0 radical (unpaired) electrons. The summed E-state index contributed by atoms with van der Waals surface area (Å²) in [6.45, 7) is 1.26. The number of thioether (sulfide) groups is 1. The number of nitro groups is 1. The van der Waals surface area contributed by atoms with Gasteiger partial charge in [0.25, 0.3) is 5.69 Å². The highest BCUT2D eigenvalue weighted by Gasteiger charge is 2.18. The van der Waals surface area contributed by atoms with E-state index in [2.05, 4.69) is 20.4 Å². The van der Waals surface area contributed by atoms with Gasteiger partial charge in [-0.1, -0.05) is 35.5 Å². The van der Waals surface area contributed by atoms with E-state index in [0.717, 1.165) is 12.0 Å². The third-order valence-electron chi connectivity index (χ3n) is 4.68. The van der Waals surface area contributed by atoms with Gasteiger partial charge in [0.1, 0.15) is 0 Å². The molecule has 0 atom stereocenters. The Bertz CT molecular complexity index is 1240. The molecule has 2 aromatic heterocycles. The minimum absolute atomic E-state index is 0.00354. The van der Waals surface area contributed by atoms with Crippen molar-refractivity contribution < 1.29 is 14.1 Å². The third kappa shape index (κ3) is 5.38. The number of methoxy groups -OCH3 is 1. The second-order valence-corrected chi connectivity index (χ2v) is 8.23. The van der Waals surface area contributed by atoms with Gasteiger partial charge in [-0.3, -0.25) is 10.1 Å². The van der Waals surface area contributed by atoms with Crippen molar-refractivity contribution in [2.24, 2.45) is 0 Å². The molecule has 0 amide bonds. The van der Waals surface area contributed by atoms with Crippen molar-refractivity contribution in [3.63, 3.8) is 0 Å². The molecule has 0 aliphatic heterocycles. The summed E-state index contributed by atoms with van der Waals surface area (Å²) in [5, 5.41) is 28.9. The third-order valence-corrected chi connectivity index (χ3v) is 5.96. The van der Waals surface area contributed by atoms with Gasteiger partial charge in [-0.15, -0.1) is 20.4 Å². The quantitative estimate of drug-likeness (QED) is 0.133. The highest BCUT2D eigenvalue weighted by molar-refractivity contribution is 7.98. The highest BCUT2D eigenvalue weighted by atomic mass is 35.5. The molecule has 0 aliphatic rings. The van der Waals surface area contributed by atoms with Crippen molar-refractivity contribution in [2.75, 3.05) is 13.7 Å². The minimum atomic E-state index is -0.459. The van der Waals surface area contributed by atoms with E-state index in [0.29, 0.717) is 52.3 Å². The van der Waals surface area contributed by atoms with Crippen molar-refractivity contribution >= 4 is 29.1 Å². The van der Waals surface area contributed by atoms with E-state index in [9.17, 15) is 10.1 Å². The van der Waals surface area contributed by atoms with Crippen molar-refractivity contribution in [1.82, 2.24) is 25.0 Å². The molecule has 0 bridgehead atoms. The lowest BCUT2D eigenvalue weighted by Crippen LogP contribution is -2.05. The number of rotatable bonds is 10. The van der Waals surface area contributed by atoms with Gasteiger partial charge in [0.2, 0.25) is 11.8 Å². The number of nitro benzene ring substituents is 1. The van der Waals surface area contributed by atoms with Gasteiger partial charge in [0.15, 0.2) is 11.0 Å². The number of hydrogen-bond donors (Lipinski definition) is 0. The van der Waals surface area contributed by atoms with Crippen LogP contribution >= 0.6 is 23.4 Å². The Kier molecular flexibility index (Phi) is 7.33. The number of hydrogen-bond acceptors (Lipinski definition) is 9. The van der Waals surface area contributed by atoms with Crippen LogP contribution in [0.4, 0.5) is 5.69 Å². The zero-order chi connectivity index (χ0) is 23.2. The lowest BCUT2D eigenvalue weighted by atomic mass is 10.2. The average Bonchev–Trinajstić information content (AvgIpc) is 3.45. The van der Waals surface area contributed by atoms with Crippen molar-refractivity contribution in [1.29, 1.82) is 0 Å². The van der Waals surface area contributed by atoms with Crippen LogP contribution in [0.15, 0.2) is 58.1 Å². The van der Waals surface area contributed by atoms with E-state index in [-0.39, 0.29) is 5.69 Å². The Morgan fingerprint density at radius 1 is 1.12 bits per heavy atom. The normalized spacial score (nSPS) is 11.1. The van der Waals surface area contributed by atoms with Crippen molar-refractivity contribution in [3.05, 3.63) is 69.6 Å². The number of non-ortho nitro benzene ring substituents is 1. The molecule has 0 spiro atoms. The fourth-order valence-electron chi connectivity index (χ4n) is 3.09. The molecule has 2 aromatic carbocycles. The van der Waals surface area contributed by atoms with Gasteiger partial charge in [-0.2, -0.15) is 0 Å². The van der Waals surface area contributed by atoms with Crippen LogP contribution in [0.25, 0.3) is 22.8 Å². The summed E-state index contributed by atoms with van der Waals surface area (Å²) in [6.07, 6.45) is 0.782. The molecule has 4 aromatic rings. The van der Waals surface area contributed by atoms with Crippen LogP contribution in [0.1, 0.15) is 12.3 Å². The van der Waals surface area contributed by atoms with E-state index in [4.69, 9.17) is 20.8 Å². The van der Waals surface area contributed by atoms with E-state index in [1.54, 1.807) is 19.2 Å². The minimum Gasteiger partial charge on any atom is -0.420 e. The Hall–Kier alpha value is -3.28. The zero-order valence-electron chi connectivity index (χ0n) is 17.5. The molecule has 0 N–H and O–H groups in total. The number of aromatic nitrogens is 5. The van der Waals surface area contributed by atoms with Crippen LogP contribution in [0.5, 0.6) is 0 Å². The summed E-state index contributed by atoms with van der Waals surface area (Å²) < 4.78 is 12.9. The number of ether oxygens (including phenoxy) is 1. The van der Waals surface area contributed by atoms with Crippen molar-refractivity contribution in [2.45, 2.75) is 23.9 Å². The number of nitrogens with zero attached hydrogens (tertiary/aromatic N) is 6. The number of halogens is 1. The molecule has 0 fully saturated rings. The largest absolute Gasteiger partial charge is 0.420 e. The highest BCUT2D eigenvalue weighted by Crippen LogP contribution is 2.31. The Morgan fingerprint density at radius 2 is 1.91 bits per heavy atom. The molecule has 12 heteroatoms. The second-order valence-electron chi connectivity index (χ2n) is 6.88. The maximum atomic E-state index is 10.8. The first-order chi connectivity index (χ1) is 16.1. The van der Waals surface area contributed by atoms with Crippen molar-refractivity contribution in [3.8, 4) is 22.8 Å². The van der Waals surface area contributed by atoms with Crippen LogP contribution in [0.2, 0.25) is 5.02 Å². The number of benzene rings is 2. The monoisotopic (exact) mass is 486 g/mol. The van der Waals surface area contributed by atoms with Gasteiger partial charge >= 0.3 is 0 Å². The smallest absolute Gasteiger partial charge is 0.269 e. The summed E-state index contributed by atoms with van der Waals surface area (Å²) in [5.41, 5.74) is 1.40. The standard InChI is InChI=1S/C21H19ClN6O4S/c1-31-12-4-11-27-19(16-5-2-3-6-17(16)22)24-26-21(27)33-13-18-23-25-20(32-18)14-7-9-15(10-8-14)28(29)30/h2-3,5-10H,4,11-13H2,1H3. The lowest BCUT2D eigenvalue weighted by Gasteiger charge is -2.10. The molecule has 170 valence electrons. The Balaban J connectivity index is 1.51. The topological polar surface area (TPSA) is 122 Å². The predicted molar refractivity (Wildman–Crippen MR) is 123 cm³/mol. The summed E-state index contributed by atoms with van der Waals surface area (Å²) >= 11 is 7.79. The molecule has 0 aliphatic carbocycles. The second kappa shape index (κ2) is 10.6. The SMILES string of the molecule is COCCCn1c(SCc2nnc(-c3ccc([N+](=O)[O-])cc3)o2)nnc1-c1ccccc1Cl. The molecule has 33 heavy (non-hydrogen) atoms. The lowest BCUT2D eigenvalue weighted by molar-refractivity contribution is -0.384. The van der Waals surface area contributed by atoms with Gasteiger partial charge in [0, 0.05) is 43.5 Å². The summed E-state index contributed by atoms with van der Waals surface area (Å²) in [5.74, 6) is 1.75. The molecular formula is C21H19ClN6O4S. The molecular weight excluding hydrogens is 468 g/mol. The van der Waals surface area contributed by atoms with Crippen LogP contribution in [-0.2, 0) is 17.0 Å². The van der Waals surface area contributed by atoms with E-state index >= 15 is 0 Å². The molecule has 10 nitrogen and oxygen atoms in total. The van der Waals surface area contributed by atoms with E-state index in [1.165, 1.54) is 23.9 Å². The first-order valence-electron chi connectivity index (χ1n) is 9.94. The zero-order valence-corrected chi connectivity index (χ0v) is 19.1. The van der Waals surface area contributed by atoms with Crippen LogP contribution in [-0.4, -0.2) is 43.6 Å². The van der Waals surface area contributed by atoms with Gasteiger partial charge in [-0.05, 0) is 30.7 Å². The van der Waals surface area contributed by atoms with E-state index in [1.807, 2.05) is 28.8 Å². The Morgan fingerprint density at radius 3 is 2.64 bits per heavy atom. The molecule has 0 saturated heterocycles. The Labute approximate surface area is 198 Å². The average molecular weight is 487 g/mol. The predicted octanol–water partition coefficient (Wildman–Crippen LogP) is 4.89. The molecule has 2 heterocycles. The summed E-state index contributed by atoms with van der Waals surface area (Å²) in [7, 11) is 1.66. The molecule has 4 rings (SSSR count). The summed E-state index contributed by atoms with van der Waals surface area (Å²) in [4.78, 5) is 10.4. The first kappa shape index (κ1) is 22.9. The maximum absolute atomic E-state index is 10.8. The summed E-state index contributed by atoms with van der Waals surface area (Å²) in [6, 6.07) is 13.4. The molecule has 0 saturated carbocycles. The van der Waals surface area contributed by atoms with Crippen LogP contribution < -0.4 is 0 Å². The maximum Gasteiger partial charge on any atom is 0.269 e. The van der Waals surface area contributed by atoms with Gasteiger partial charge in [-0.25, -0.2) is 0 Å².